The number of rotatable bonds is 6. The predicted octanol–water partition coefficient (Wildman–Crippen LogP) is 4.63. The minimum absolute atomic E-state index is 0.116. The lowest BCUT2D eigenvalue weighted by molar-refractivity contribution is -0.147. The molecule has 0 aliphatic carbocycles. The van der Waals surface area contributed by atoms with Gasteiger partial charge in [-0.05, 0) is 48.1 Å². The molecule has 0 N–H and O–H groups in total. The molecule has 3 rings (SSSR count). The molecule has 1 saturated heterocycles. The molecule has 29 heavy (non-hydrogen) atoms. The number of likely N-dealkylation sites (tertiary alicyclic amines) is 1. The number of esters is 1. The van der Waals surface area contributed by atoms with Crippen LogP contribution >= 0.6 is 11.3 Å². The second-order valence-corrected chi connectivity index (χ2v) is 7.98. The van der Waals surface area contributed by atoms with E-state index in [0.717, 1.165) is 55.0 Å². The highest BCUT2D eigenvalue weighted by Crippen LogP contribution is 2.25. The van der Waals surface area contributed by atoms with Crippen LogP contribution in [0, 0.1) is 0 Å². The number of carbonyl (C=O) groups excluding carboxylic acids is 2. The Morgan fingerprint density at radius 2 is 1.72 bits per heavy atom. The summed E-state index contributed by atoms with van der Waals surface area (Å²) in [6.45, 7) is 1.27. The first-order valence-corrected chi connectivity index (χ1v) is 10.9. The smallest absolute Gasteiger partial charge is 0.340 e. The summed E-state index contributed by atoms with van der Waals surface area (Å²) in [5.74, 6) is 0.153. The Morgan fingerprint density at radius 1 is 1.03 bits per heavy atom. The molecule has 1 aliphatic rings. The van der Waals surface area contributed by atoms with Crippen LogP contribution in [0.4, 0.5) is 0 Å². The maximum atomic E-state index is 12.8. The highest BCUT2D eigenvalue weighted by atomic mass is 32.1. The summed E-state index contributed by atoms with van der Waals surface area (Å²) >= 11 is 1.46. The molecule has 1 fully saturated rings. The van der Waals surface area contributed by atoms with Crippen LogP contribution in [0.15, 0.2) is 41.8 Å². The monoisotopic (exact) mass is 413 g/mol. The van der Waals surface area contributed by atoms with Crippen molar-refractivity contribution in [1.82, 2.24) is 4.90 Å². The summed E-state index contributed by atoms with van der Waals surface area (Å²) < 4.78 is 10.6. The summed E-state index contributed by atoms with van der Waals surface area (Å²) in [5.41, 5.74) is 1.31. The summed E-state index contributed by atoms with van der Waals surface area (Å²) in [4.78, 5) is 28.0. The Balaban J connectivity index is 1.68. The molecule has 0 saturated carbocycles. The van der Waals surface area contributed by atoms with E-state index in [9.17, 15) is 9.59 Å². The van der Waals surface area contributed by atoms with Crippen LogP contribution in [0.25, 0.3) is 11.6 Å². The lowest BCUT2D eigenvalue weighted by atomic mass is 10.1. The third-order valence-electron chi connectivity index (χ3n) is 4.97. The first-order chi connectivity index (χ1) is 14.2. The van der Waals surface area contributed by atoms with Crippen molar-refractivity contribution in [2.45, 2.75) is 32.1 Å². The summed E-state index contributed by atoms with van der Waals surface area (Å²) in [6, 6.07) is 11.2. The van der Waals surface area contributed by atoms with E-state index in [0.29, 0.717) is 5.57 Å². The zero-order valence-electron chi connectivity index (χ0n) is 16.8. The van der Waals surface area contributed by atoms with Gasteiger partial charge in [0.05, 0.1) is 12.7 Å². The van der Waals surface area contributed by atoms with Gasteiger partial charge >= 0.3 is 5.97 Å². The van der Waals surface area contributed by atoms with Gasteiger partial charge in [-0.25, -0.2) is 4.79 Å². The van der Waals surface area contributed by atoms with E-state index < -0.39 is 5.97 Å². The van der Waals surface area contributed by atoms with Gasteiger partial charge in [0.25, 0.3) is 5.91 Å². The zero-order chi connectivity index (χ0) is 20.5. The van der Waals surface area contributed by atoms with Crippen molar-refractivity contribution < 1.29 is 19.1 Å². The number of methoxy groups -OCH3 is 1. The number of thiophene rings is 1. The van der Waals surface area contributed by atoms with E-state index in [4.69, 9.17) is 9.47 Å². The molecule has 2 heterocycles. The Hall–Kier alpha value is -2.60. The molecule has 154 valence electrons. The number of amides is 1. The normalized spacial score (nSPS) is 15.3. The van der Waals surface area contributed by atoms with Gasteiger partial charge in [0.15, 0.2) is 6.61 Å². The van der Waals surface area contributed by atoms with Crippen LogP contribution in [-0.4, -0.2) is 43.6 Å². The quantitative estimate of drug-likeness (QED) is 0.512. The SMILES string of the molecule is COc1ccc(/C=C(/C(=O)OCC(=O)N2CCCCCCC2)c2cccs2)cc1. The van der Waals surface area contributed by atoms with Gasteiger partial charge < -0.3 is 14.4 Å². The topological polar surface area (TPSA) is 55.8 Å². The molecule has 6 heteroatoms. The maximum Gasteiger partial charge on any atom is 0.340 e. The molecule has 0 bridgehead atoms. The second kappa shape index (κ2) is 10.8. The molecule has 1 aliphatic heterocycles. The molecule has 2 aromatic rings. The second-order valence-electron chi connectivity index (χ2n) is 7.03. The number of hydrogen-bond donors (Lipinski definition) is 0. The van der Waals surface area contributed by atoms with Crippen LogP contribution in [0.2, 0.25) is 0 Å². The van der Waals surface area contributed by atoms with Gasteiger partial charge in [-0.3, -0.25) is 4.79 Å². The van der Waals surface area contributed by atoms with Gasteiger partial charge in [-0.2, -0.15) is 0 Å². The summed E-state index contributed by atoms with van der Waals surface area (Å²) in [7, 11) is 1.61. The lowest BCUT2D eigenvalue weighted by Gasteiger charge is -2.24. The van der Waals surface area contributed by atoms with Gasteiger partial charge in [0, 0.05) is 18.0 Å². The predicted molar refractivity (Wildman–Crippen MR) is 116 cm³/mol. The van der Waals surface area contributed by atoms with E-state index in [1.54, 1.807) is 13.2 Å². The Kier molecular flexibility index (Phi) is 7.87. The third kappa shape index (κ3) is 6.19. The molecule has 0 spiro atoms. The summed E-state index contributed by atoms with van der Waals surface area (Å²) in [6.07, 6.45) is 7.34. The van der Waals surface area contributed by atoms with Crippen LogP contribution in [0.3, 0.4) is 0 Å². The van der Waals surface area contributed by atoms with Crippen LogP contribution in [-0.2, 0) is 14.3 Å². The van der Waals surface area contributed by atoms with Crippen molar-refractivity contribution in [1.29, 1.82) is 0 Å². The Morgan fingerprint density at radius 3 is 2.34 bits per heavy atom. The van der Waals surface area contributed by atoms with Crippen molar-refractivity contribution >= 4 is 34.9 Å². The maximum absolute atomic E-state index is 12.8. The number of carbonyl (C=O) groups is 2. The molecule has 0 radical (unpaired) electrons. The average molecular weight is 414 g/mol. The number of ether oxygens (including phenoxy) is 2. The Labute approximate surface area is 175 Å². The number of hydrogen-bond acceptors (Lipinski definition) is 5. The van der Waals surface area contributed by atoms with Gasteiger partial charge in [-0.1, -0.05) is 37.5 Å². The fraction of sp³-hybridized carbons (Fsp3) is 0.391. The largest absolute Gasteiger partial charge is 0.497 e. The molecule has 5 nitrogen and oxygen atoms in total. The minimum Gasteiger partial charge on any atom is -0.497 e. The van der Waals surface area contributed by atoms with Gasteiger partial charge in [0.1, 0.15) is 5.75 Å². The average Bonchev–Trinajstić information content (AvgIpc) is 3.24. The first kappa shape index (κ1) is 21.1. The fourth-order valence-corrected chi connectivity index (χ4v) is 4.05. The van der Waals surface area contributed by atoms with Crippen LogP contribution in [0.1, 0.15) is 42.5 Å². The molecular formula is C23H27NO4S. The van der Waals surface area contributed by atoms with Crippen LogP contribution < -0.4 is 4.74 Å². The molecule has 1 aromatic heterocycles. The number of nitrogens with zero attached hydrogens (tertiary/aromatic N) is 1. The molecule has 0 atom stereocenters. The van der Waals surface area contributed by atoms with E-state index in [1.807, 2.05) is 46.7 Å². The van der Waals surface area contributed by atoms with E-state index >= 15 is 0 Å². The van der Waals surface area contributed by atoms with Crippen molar-refractivity contribution in [2.75, 3.05) is 26.8 Å². The zero-order valence-corrected chi connectivity index (χ0v) is 17.6. The van der Waals surface area contributed by atoms with Gasteiger partial charge in [0.2, 0.25) is 0 Å². The van der Waals surface area contributed by atoms with Crippen molar-refractivity contribution in [3.8, 4) is 5.75 Å². The number of benzene rings is 1. The van der Waals surface area contributed by atoms with Crippen molar-refractivity contribution in [3.05, 3.63) is 52.2 Å². The van der Waals surface area contributed by atoms with Crippen LogP contribution in [0.5, 0.6) is 5.75 Å². The highest BCUT2D eigenvalue weighted by Gasteiger charge is 2.20. The third-order valence-corrected chi connectivity index (χ3v) is 5.87. The van der Waals surface area contributed by atoms with Crippen molar-refractivity contribution in [3.63, 3.8) is 0 Å². The van der Waals surface area contributed by atoms with E-state index in [-0.39, 0.29) is 12.5 Å². The minimum atomic E-state index is -0.483. The Bertz CT molecular complexity index is 819. The van der Waals surface area contributed by atoms with Crippen molar-refractivity contribution in [2.24, 2.45) is 0 Å². The fourth-order valence-electron chi connectivity index (χ4n) is 3.32. The van der Waals surface area contributed by atoms with E-state index in [2.05, 4.69) is 0 Å². The summed E-state index contributed by atoms with van der Waals surface area (Å²) in [5, 5.41) is 1.91. The van der Waals surface area contributed by atoms with E-state index in [1.165, 1.54) is 17.8 Å². The first-order valence-electron chi connectivity index (χ1n) is 10.0. The molecule has 1 amide bonds. The lowest BCUT2D eigenvalue weighted by Crippen LogP contribution is -2.37. The molecule has 0 unspecified atom stereocenters. The molecule has 1 aromatic carbocycles. The molecular weight excluding hydrogens is 386 g/mol. The standard InChI is InChI=1S/C23H27NO4S/c1-27-19-11-9-18(10-12-19)16-20(21-8-7-15-29-21)23(26)28-17-22(25)24-13-5-3-2-4-6-14-24/h7-12,15-16H,2-6,13-14,17H2,1H3/b20-16+. The highest BCUT2D eigenvalue weighted by molar-refractivity contribution is 7.11. The van der Waals surface area contributed by atoms with Gasteiger partial charge in [-0.15, -0.1) is 11.3 Å².